The van der Waals surface area contributed by atoms with Crippen LogP contribution in [0.1, 0.15) is 33.6 Å². The van der Waals surface area contributed by atoms with E-state index in [0.29, 0.717) is 0 Å². The quantitative estimate of drug-likeness (QED) is 0.463. The zero-order valence-corrected chi connectivity index (χ0v) is 9.59. The van der Waals surface area contributed by atoms with Crippen molar-refractivity contribution in [1.29, 1.82) is 0 Å². The maximum atomic E-state index is 2.46. The Morgan fingerprint density at radius 1 is 1.38 bits per heavy atom. The molecule has 1 aliphatic heterocycles. The van der Waals surface area contributed by atoms with Gasteiger partial charge in [0.2, 0.25) is 0 Å². The van der Waals surface area contributed by atoms with E-state index in [1.807, 2.05) is 0 Å². The van der Waals surface area contributed by atoms with Crippen LogP contribution in [0.25, 0.3) is 0 Å². The number of hydrogen-bond donors (Lipinski definition) is 0. The van der Waals surface area contributed by atoms with Crippen molar-refractivity contribution in [2.45, 2.75) is 39.7 Å². The molecule has 0 spiro atoms. The zero-order valence-electron chi connectivity index (χ0n) is 9.59. The lowest BCUT2D eigenvalue weighted by Crippen LogP contribution is -2.27. The van der Waals surface area contributed by atoms with E-state index in [0.717, 1.165) is 23.8 Å². The van der Waals surface area contributed by atoms with Gasteiger partial charge in [-0.25, -0.2) is 0 Å². The SMILES string of the molecule is CC(C)CC1C[N+]1(C)CC1CC1C. The fourth-order valence-corrected chi connectivity index (χ4v) is 2.72. The number of likely N-dealkylation sites (N-methyl/N-ethyl adjacent to an activating group) is 1. The van der Waals surface area contributed by atoms with Gasteiger partial charge in [0, 0.05) is 12.3 Å². The first-order valence-corrected chi connectivity index (χ1v) is 5.85. The molecular formula is C12H24N+. The number of rotatable bonds is 4. The Kier molecular flexibility index (Phi) is 2.18. The molecule has 1 saturated heterocycles. The smallest absolute Gasteiger partial charge is 0.139 e. The Morgan fingerprint density at radius 3 is 2.46 bits per heavy atom. The lowest BCUT2D eigenvalue weighted by molar-refractivity contribution is -0.795. The maximum absolute atomic E-state index is 2.46. The van der Waals surface area contributed by atoms with Crippen LogP contribution < -0.4 is 0 Å². The van der Waals surface area contributed by atoms with Crippen molar-refractivity contribution in [1.82, 2.24) is 0 Å². The molecule has 0 aromatic heterocycles. The van der Waals surface area contributed by atoms with Gasteiger partial charge in [-0.3, -0.25) is 0 Å². The Morgan fingerprint density at radius 2 is 2.00 bits per heavy atom. The van der Waals surface area contributed by atoms with Crippen molar-refractivity contribution in [3.63, 3.8) is 0 Å². The van der Waals surface area contributed by atoms with Gasteiger partial charge in [0.25, 0.3) is 0 Å². The monoisotopic (exact) mass is 182 g/mol. The largest absolute Gasteiger partial charge is 0.314 e. The minimum absolute atomic E-state index is 0.890. The van der Waals surface area contributed by atoms with E-state index in [2.05, 4.69) is 27.8 Å². The minimum atomic E-state index is 0.890. The van der Waals surface area contributed by atoms with Gasteiger partial charge in [0.15, 0.2) is 0 Å². The molecule has 1 heteroatoms. The highest BCUT2D eigenvalue weighted by molar-refractivity contribution is 4.85. The lowest BCUT2D eigenvalue weighted by atomic mass is 10.1. The minimum Gasteiger partial charge on any atom is -0.314 e. The molecule has 76 valence electrons. The summed E-state index contributed by atoms with van der Waals surface area (Å²) in [5.41, 5.74) is 0. The third-order valence-electron chi connectivity index (χ3n) is 4.05. The van der Waals surface area contributed by atoms with Gasteiger partial charge in [-0.1, -0.05) is 20.8 Å². The molecule has 0 bridgehead atoms. The predicted molar refractivity (Wildman–Crippen MR) is 56.4 cm³/mol. The molecule has 0 amide bonds. The average molecular weight is 182 g/mol. The Balaban J connectivity index is 1.74. The standard InChI is InChI=1S/C12H24N/c1-9(2)5-12-8-13(12,4)7-11-6-10(11)3/h9-12H,5-8H2,1-4H3/q+1. The summed E-state index contributed by atoms with van der Waals surface area (Å²) in [7, 11) is 2.46. The Hall–Kier alpha value is -0.0400. The fourth-order valence-electron chi connectivity index (χ4n) is 2.72. The summed E-state index contributed by atoms with van der Waals surface area (Å²) in [6, 6.07) is 1.01. The van der Waals surface area contributed by atoms with Gasteiger partial charge in [-0.2, -0.15) is 0 Å². The van der Waals surface area contributed by atoms with Crippen LogP contribution in [0.2, 0.25) is 0 Å². The maximum Gasteiger partial charge on any atom is 0.139 e. The summed E-state index contributed by atoms with van der Waals surface area (Å²) >= 11 is 0. The molecular weight excluding hydrogens is 158 g/mol. The van der Waals surface area contributed by atoms with E-state index in [-0.39, 0.29) is 0 Å². The van der Waals surface area contributed by atoms with Crippen molar-refractivity contribution >= 4 is 0 Å². The van der Waals surface area contributed by atoms with Gasteiger partial charge < -0.3 is 4.48 Å². The van der Waals surface area contributed by atoms with Gasteiger partial charge in [-0.15, -0.1) is 0 Å². The van der Waals surface area contributed by atoms with Gasteiger partial charge in [-0.05, 0) is 18.3 Å². The third-order valence-corrected chi connectivity index (χ3v) is 4.05. The van der Waals surface area contributed by atoms with Crippen LogP contribution >= 0.6 is 0 Å². The summed E-state index contributed by atoms with van der Waals surface area (Å²) in [5.74, 6) is 3.00. The van der Waals surface area contributed by atoms with E-state index in [4.69, 9.17) is 0 Å². The normalized spacial score (nSPS) is 48.2. The second-order valence-electron chi connectivity index (χ2n) is 6.10. The molecule has 2 fully saturated rings. The molecule has 2 aliphatic rings. The van der Waals surface area contributed by atoms with Crippen LogP contribution in [0.15, 0.2) is 0 Å². The molecule has 0 aromatic rings. The fraction of sp³-hybridized carbons (Fsp3) is 1.00. The van der Waals surface area contributed by atoms with Crippen LogP contribution in [0, 0.1) is 17.8 Å². The highest BCUT2D eigenvalue weighted by Crippen LogP contribution is 2.44. The van der Waals surface area contributed by atoms with Crippen LogP contribution in [0.5, 0.6) is 0 Å². The second kappa shape index (κ2) is 2.98. The van der Waals surface area contributed by atoms with Gasteiger partial charge >= 0.3 is 0 Å². The summed E-state index contributed by atoms with van der Waals surface area (Å²) in [6.45, 7) is 10.0. The van der Waals surface area contributed by atoms with Crippen LogP contribution in [-0.2, 0) is 0 Å². The average Bonchev–Trinajstić information content (AvgIpc) is 2.78. The molecule has 0 N–H and O–H groups in total. The van der Waals surface area contributed by atoms with Crippen LogP contribution in [0.4, 0.5) is 0 Å². The third kappa shape index (κ3) is 2.07. The van der Waals surface area contributed by atoms with Crippen LogP contribution in [0.3, 0.4) is 0 Å². The van der Waals surface area contributed by atoms with Crippen molar-refractivity contribution < 1.29 is 4.48 Å². The van der Waals surface area contributed by atoms with E-state index in [1.54, 1.807) is 0 Å². The molecule has 1 nitrogen and oxygen atoms in total. The van der Waals surface area contributed by atoms with E-state index in [9.17, 15) is 0 Å². The van der Waals surface area contributed by atoms with Gasteiger partial charge in [0.1, 0.15) is 12.6 Å². The Bertz CT molecular complexity index is 199. The molecule has 0 radical (unpaired) electrons. The molecule has 1 saturated carbocycles. The summed E-state index contributed by atoms with van der Waals surface area (Å²) in [4.78, 5) is 0. The Labute approximate surface area is 82.7 Å². The van der Waals surface area contributed by atoms with E-state index >= 15 is 0 Å². The van der Waals surface area contributed by atoms with E-state index in [1.165, 1.54) is 30.4 Å². The first-order valence-electron chi connectivity index (χ1n) is 5.85. The van der Waals surface area contributed by atoms with Crippen molar-refractivity contribution in [2.24, 2.45) is 17.8 Å². The molecule has 2 rings (SSSR count). The predicted octanol–water partition coefficient (Wildman–Crippen LogP) is 2.52. The number of nitrogens with zero attached hydrogens (tertiary/aromatic N) is 1. The van der Waals surface area contributed by atoms with E-state index < -0.39 is 0 Å². The summed E-state index contributed by atoms with van der Waals surface area (Å²) in [6.07, 6.45) is 2.94. The first kappa shape index (κ1) is 9.51. The lowest BCUT2D eigenvalue weighted by Gasteiger charge is -2.15. The topological polar surface area (TPSA) is 0 Å². The van der Waals surface area contributed by atoms with Crippen LogP contribution in [-0.4, -0.2) is 30.7 Å². The van der Waals surface area contributed by atoms with Gasteiger partial charge in [0.05, 0.1) is 13.6 Å². The first-order chi connectivity index (χ1) is 6.01. The van der Waals surface area contributed by atoms with Crippen molar-refractivity contribution in [3.05, 3.63) is 0 Å². The number of hydrogen-bond acceptors (Lipinski definition) is 0. The second-order valence-corrected chi connectivity index (χ2v) is 6.10. The molecule has 1 heterocycles. The highest BCUT2D eigenvalue weighted by atomic mass is 15.5. The summed E-state index contributed by atoms with van der Waals surface area (Å²) in [5, 5.41) is 0. The van der Waals surface area contributed by atoms with Crippen molar-refractivity contribution in [3.8, 4) is 0 Å². The molecule has 1 aliphatic carbocycles. The van der Waals surface area contributed by atoms with Crippen molar-refractivity contribution in [2.75, 3.05) is 20.1 Å². The molecule has 4 unspecified atom stereocenters. The molecule has 0 aromatic carbocycles. The molecule has 4 atom stereocenters. The highest BCUT2D eigenvalue weighted by Gasteiger charge is 2.54. The zero-order chi connectivity index (χ0) is 9.64. The molecule has 13 heavy (non-hydrogen) atoms. The number of quaternary nitrogens is 1. The summed E-state index contributed by atoms with van der Waals surface area (Å²) < 4.78 is 1.40.